The average Bonchev–Trinajstić information content (AvgIpc) is 2.64. The van der Waals surface area contributed by atoms with E-state index in [4.69, 9.17) is 0 Å². The fraction of sp³-hybridized carbons (Fsp3) is 0.632. The first-order chi connectivity index (χ1) is 11.3. The summed E-state index contributed by atoms with van der Waals surface area (Å²) in [5.41, 5.74) is 1.15. The first-order valence-electron chi connectivity index (χ1n) is 9.11. The summed E-state index contributed by atoms with van der Waals surface area (Å²) in [6, 6.07) is 10.8. The number of piperazine rings is 1. The molecule has 0 aliphatic carbocycles. The lowest BCUT2D eigenvalue weighted by molar-refractivity contribution is -0.139. The Hall–Kier alpha value is -1.39. The fourth-order valence-electron chi connectivity index (χ4n) is 3.97. The molecule has 1 N–H and O–H groups in total. The van der Waals surface area contributed by atoms with E-state index in [-0.39, 0.29) is 11.9 Å². The van der Waals surface area contributed by atoms with Crippen LogP contribution < -0.4 is 5.32 Å². The van der Waals surface area contributed by atoms with Crippen LogP contribution in [0.4, 0.5) is 0 Å². The van der Waals surface area contributed by atoms with Gasteiger partial charge in [0.25, 0.3) is 0 Å². The second-order valence-electron chi connectivity index (χ2n) is 6.68. The molecule has 0 aromatic heterocycles. The minimum Gasteiger partial charge on any atom is -0.338 e. The molecule has 2 unspecified atom stereocenters. The van der Waals surface area contributed by atoms with Crippen LogP contribution >= 0.6 is 0 Å². The summed E-state index contributed by atoms with van der Waals surface area (Å²) < 4.78 is 0. The first-order valence-corrected chi connectivity index (χ1v) is 9.11. The number of hydrogen-bond acceptors (Lipinski definition) is 3. The number of hydrogen-bond donors (Lipinski definition) is 1. The summed E-state index contributed by atoms with van der Waals surface area (Å²) >= 11 is 0. The van der Waals surface area contributed by atoms with E-state index in [2.05, 4.69) is 46.3 Å². The van der Waals surface area contributed by atoms with E-state index in [1.807, 2.05) is 6.07 Å². The molecular formula is C19H29N3O. The van der Waals surface area contributed by atoms with Gasteiger partial charge in [-0.1, -0.05) is 43.7 Å². The van der Waals surface area contributed by atoms with Crippen molar-refractivity contribution in [3.05, 3.63) is 35.9 Å². The second-order valence-corrected chi connectivity index (χ2v) is 6.68. The Balaban J connectivity index is 1.88. The number of piperidine rings is 1. The first kappa shape index (κ1) is 16.5. The molecule has 2 aliphatic heterocycles. The Morgan fingerprint density at radius 3 is 2.61 bits per heavy atom. The second kappa shape index (κ2) is 7.93. The van der Waals surface area contributed by atoms with Gasteiger partial charge in [0.15, 0.2) is 0 Å². The van der Waals surface area contributed by atoms with Gasteiger partial charge in [0, 0.05) is 32.2 Å². The van der Waals surface area contributed by atoms with Gasteiger partial charge < -0.3 is 10.2 Å². The number of amides is 1. The van der Waals surface area contributed by atoms with Crippen molar-refractivity contribution in [3.63, 3.8) is 0 Å². The predicted molar refractivity (Wildman–Crippen MR) is 93.3 cm³/mol. The minimum absolute atomic E-state index is 0.112. The van der Waals surface area contributed by atoms with Crippen molar-refractivity contribution in [3.8, 4) is 0 Å². The number of nitrogens with one attached hydrogen (secondary N) is 1. The van der Waals surface area contributed by atoms with Crippen LogP contribution in [0.2, 0.25) is 0 Å². The van der Waals surface area contributed by atoms with Gasteiger partial charge in [0.05, 0.1) is 0 Å². The van der Waals surface area contributed by atoms with E-state index in [0.29, 0.717) is 6.04 Å². The number of rotatable bonds is 4. The molecule has 23 heavy (non-hydrogen) atoms. The maximum Gasteiger partial charge on any atom is 0.244 e. The molecule has 4 nitrogen and oxygen atoms in total. The fourth-order valence-corrected chi connectivity index (χ4v) is 3.97. The van der Waals surface area contributed by atoms with Crippen LogP contribution in [0.3, 0.4) is 0 Å². The topological polar surface area (TPSA) is 35.6 Å². The molecular weight excluding hydrogens is 286 g/mol. The molecule has 0 spiro atoms. The van der Waals surface area contributed by atoms with Crippen molar-refractivity contribution in [2.24, 2.45) is 0 Å². The quantitative estimate of drug-likeness (QED) is 0.927. The molecule has 3 rings (SSSR count). The normalized spacial score (nSPS) is 24.4. The minimum atomic E-state index is -0.112. The highest BCUT2D eigenvalue weighted by molar-refractivity contribution is 5.83. The lowest BCUT2D eigenvalue weighted by Crippen LogP contribution is -2.53. The summed E-state index contributed by atoms with van der Waals surface area (Å²) in [6.45, 7) is 6.75. The standard InChI is InChI=1S/C19H29N3O/c1-2-17-10-6-7-13-22(17)18(16-8-4-3-5-9-16)19(23)21-14-11-20-12-15-21/h3-5,8-9,17-18,20H,2,6-7,10-15H2,1H3. The van der Waals surface area contributed by atoms with Gasteiger partial charge in [0.2, 0.25) is 5.91 Å². The van der Waals surface area contributed by atoms with Crippen LogP contribution in [0.25, 0.3) is 0 Å². The van der Waals surface area contributed by atoms with E-state index < -0.39 is 0 Å². The van der Waals surface area contributed by atoms with Gasteiger partial charge >= 0.3 is 0 Å². The highest BCUT2D eigenvalue weighted by atomic mass is 16.2. The van der Waals surface area contributed by atoms with Crippen molar-refractivity contribution in [1.29, 1.82) is 0 Å². The van der Waals surface area contributed by atoms with Gasteiger partial charge in [0.1, 0.15) is 6.04 Å². The zero-order valence-electron chi connectivity index (χ0n) is 14.2. The maximum atomic E-state index is 13.3. The third-order valence-corrected chi connectivity index (χ3v) is 5.25. The number of likely N-dealkylation sites (tertiary alicyclic amines) is 1. The largest absolute Gasteiger partial charge is 0.338 e. The lowest BCUT2D eigenvalue weighted by Gasteiger charge is -2.42. The molecule has 2 atom stereocenters. The molecule has 126 valence electrons. The van der Waals surface area contributed by atoms with E-state index in [0.717, 1.165) is 44.7 Å². The van der Waals surface area contributed by atoms with Crippen molar-refractivity contribution in [2.75, 3.05) is 32.7 Å². The summed E-state index contributed by atoms with van der Waals surface area (Å²) in [5.74, 6) is 0.290. The van der Waals surface area contributed by atoms with E-state index >= 15 is 0 Å². The molecule has 2 saturated heterocycles. The maximum absolute atomic E-state index is 13.3. The van der Waals surface area contributed by atoms with E-state index in [9.17, 15) is 4.79 Å². The van der Waals surface area contributed by atoms with Gasteiger partial charge in [-0.15, -0.1) is 0 Å². The van der Waals surface area contributed by atoms with Gasteiger partial charge in [-0.2, -0.15) is 0 Å². The number of benzene rings is 1. The monoisotopic (exact) mass is 315 g/mol. The molecule has 0 bridgehead atoms. The Morgan fingerprint density at radius 2 is 1.91 bits per heavy atom. The molecule has 4 heteroatoms. The molecule has 0 radical (unpaired) electrons. The predicted octanol–water partition coefficient (Wildman–Crippen LogP) is 2.42. The SMILES string of the molecule is CCC1CCCCN1C(C(=O)N1CCNCC1)c1ccccc1. The Morgan fingerprint density at radius 1 is 1.17 bits per heavy atom. The molecule has 2 aliphatic rings. The van der Waals surface area contributed by atoms with Crippen LogP contribution in [0.5, 0.6) is 0 Å². The summed E-state index contributed by atoms with van der Waals surface area (Å²) in [4.78, 5) is 17.8. The van der Waals surface area contributed by atoms with E-state index in [1.54, 1.807) is 0 Å². The third kappa shape index (κ3) is 3.75. The number of nitrogens with zero attached hydrogens (tertiary/aromatic N) is 2. The van der Waals surface area contributed by atoms with Crippen molar-refractivity contribution >= 4 is 5.91 Å². The molecule has 0 saturated carbocycles. The van der Waals surface area contributed by atoms with Gasteiger partial charge in [-0.05, 0) is 31.4 Å². The van der Waals surface area contributed by atoms with Crippen molar-refractivity contribution < 1.29 is 4.79 Å². The molecule has 1 aromatic carbocycles. The summed E-state index contributed by atoms with van der Waals surface area (Å²) in [5, 5.41) is 3.34. The van der Waals surface area contributed by atoms with Crippen LogP contribution in [0.15, 0.2) is 30.3 Å². The Labute approximate surface area is 139 Å². The summed E-state index contributed by atoms with van der Waals surface area (Å²) in [7, 11) is 0. The number of carbonyl (C=O) groups excluding carboxylic acids is 1. The zero-order chi connectivity index (χ0) is 16.1. The van der Waals surface area contributed by atoms with E-state index in [1.165, 1.54) is 19.3 Å². The smallest absolute Gasteiger partial charge is 0.244 e. The van der Waals surface area contributed by atoms with Gasteiger partial charge in [-0.3, -0.25) is 9.69 Å². The Kier molecular flexibility index (Phi) is 5.68. The number of carbonyl (C=O) groups is 1. The van der Waals surface area contributed by atoms with Crippen molar-refractivity contribution in [1.82, 2.24) is 15.1 Å². The molecule has 1 amide bonds. The zero-order valence-corrected chi connectivity index (χ0v) is 14.2. The van der Waals surface area contributed by atoms with Crippen LogP contribution in [0, 0.1) is 0 Å². The van der Waals surface area contributed by atoms with Gasteiger partial charge in [-0.25, -0.2) is 0 Å². The Bertz CT molecular complexity index is 499. The summed E-state index contributed by atoms with van der Waals surface area (Å²) in [6.07, 6.45) is 4.83. The molecule has 2 heterocycles. The van der Waals surface area contributed by atoms with Crippen LogP contribution in [-0.4, -0.2) is 54.5 Å². The molecule has 2 fully saturated rings. The highest BCUT2D eigenvalue weighted by Gasteiger charge is 2.36. The highest BCUT2D eigenvalue weighted by Crippen LogP contribution is 2.31. The third-order valence-electron chi connectivity index (χ3n) is 5.25. The van der Waals surface area contributed by atoms with Crippen LogP contribution in [-0.2, 0) is 4.79 Å². The molecule has 1 aromatic rings. The lowest BCUT2D eigenvalue weighted by atomic mass is 9.94. The van der Waals surface area contributed by atoms with Crippen LogP contribution in [0.1, 0.15) is 44.2 Å². The van der Waals surface area contributed by atoms with Crippen molar-refractivity contribution in [2.45, 2.75) is 44.7 Å². The average molecular weight is 315 g/mol.